The molecule has 1 aliphatic heterocycles. The largest absolute Gasteiger partial charge is 0.378 e. The summed E-state index contributed by atoms with van der Waals surface area (Å²) in [5.41, 5.74) is 1.73. The standard InChI is InChI=1S/C14H21ClN2O2/c1-4-11-14(15)12(17(5-2)16-11)7-13(18)10-6-9(3)19-8-10/h9-10H,4-8H2,1-3H3. The van der Waals surface area contributed by atoms with Gasteiger partial charge in [-0.15, -0.1) is 0 Å². The smallest absolute Gasteiger partial charge is 0.144 e. The Labute approximate surface area is 119 Å². The second-order valence-corrected chi connectivity index (χ2v) is 5.47. The molecule has 0 saturated carbocycles. The number of carbonyl (C=O) groups is 1. The van der Waals surface area contributed by atoms with E-state index in [0.29, 0.717) is 18.1 Å². The first kappa shape index (κ1) is 14.5. The fourth-order valence-electron chi connectivity index (χ4n) is 2.54. The molecule has 1 aromatic heterocycles. The second kappa shape index (κ2) is 6.06. The Morgan fingerprint density at radius 2 is 2.26 bits per heavy atom. The average molecular weight is 285 g/mol. The first-order valence-electron chi connectivity index (χ1n) is 6.95. The van der Waals surface area contributed by atoms with E-state index in [1.165, 1.54) is 0 Å². The molecule has 2 unspecified atom stereocenters. The summed E-state index contributed by atoms with van der Waals surface area (Å²) in [7, 11) is 0. The molecule has 0 radical (unpaired) electrons. The lowest BCUT2D eigenvalue weighted by atomic mass is 9.97. The van der Waals surface area contributed by atoms with E-state index >= 15 is 0 Å². The maximum Gasteiger partial charge on any atom is 0.144 e. The summed E-state index contributed by atoms with van der Waals surface area (Å²) in [4.78, 5) is 12.3. The molecule has 0 amide bonds. The SMILES string of the molecule is CCc1nn(CC)c(CC(=O)C2COC(C)C2)c1Cl. The summed E-state index contributed by atoms with van der Waals surface area (Å²) in [6.07, 6.45) is 2.15. The molecule has 1 aromatic rings. The van der Waals surface area contributed by atoms with Gasteiger partial charge in [-0.2, -0.15) is 5.10 Å². The number of carbonyl (C=O) groups excluding carboxylic acids is 1. The van der Waals surface area contributed by atoms with E-state index in [4.69, 9.17) is 16.3 Å². The Hall–Kier alpha value is -0.870. The zero-order chi connectivity index (χ0) is 14.0. The van der Waals surface area contributed by atoms with E-state index in [0.717, 1.165) is 30.8 Å². The van der Waals surface area contributed by atoms with Gasteiger partial charge in [-0.3, -0.25) is 9.48 Å². The van der Waals surface area contributed by atoms with Crippen molar-refractivity contribution in [3.05, 3.63) is 16.4 Å². The van der Waals surface area contributed by atoms with Crippen LogP contribution in [0.5, 0.6) is 0 Å². The molecule has 2 atom stereocenters. The number of ether oxygens (including phenoxy) is 1. The molecule has 5 heteroatoms. The number of hydrogen-bond acceptors (Lipinski definition) is 3. The van der Waals surface area contributed by atoms with Crippen molar-refractivity contribution in [1.29, 1.82) is 0 Å². The van der Waals surface area contributed by atoms with Crippen LogP contribution in [0, 0.1) is 5.92 Å². The fraction of sp³-hybridized carbons (Fsp3) is 0.714. The molecule has 19 heavy (non-hydrogen) atoms. The second-order valence-electron chi connectivity index (χ2n) is 5.10. The van der Waals surface area contributed by atoms with Crippen molar-refractivity contribution < 1.29 is 9.53 Å². The van der Waals surface area contributed by atoms with Gasteiger partial charge < -0.3 is 4.74 Å². The lowest BCUT2D eigenvalue weighted by molar-refractivity contribution is -0.122. The molecule has 106 valence electrons. The quantitative estimate of drug-likeness (QED) is 0.835. The predicted octanol–water partition coefficient (Wildman–Crippen LogP) is 2.66. The molecule has 1 fully saturated rings. The predicted molar refractivity (Wildman–Crippen MR) is 74.5 cm³/mol. The highest BCUT2D eigenvalue weighted by Gasteiger charge is 2.29. The summed E-state index contributed by atoms with van der Waals surface area (Å²) in [6, 6.07) is 0. The number of halogens is 1. The summed E-state index contributed by atoms with van der Waals surface area (Å²) < 4.78 is 7.31. The number of rotatable bonds is 5. The van der Waals surface area contributed by atoms with Crippen LogP contribution >= 0.6 is 11.6 Å². The third-order valence-corrected chi connectivity index (χ3v) is 4.13. The Balaban J connectivity index is 2.14. The van der Waals surface area contributed by atoms with Crippen molar-refractivity contribution in [3.8, 4) is 0 Å². The first-order valence-corrected chi connectivity index (χ1v) is 7.32. The first-order chi connectivity index (χ1) is 9.06. The molecular weight excluding hydrogens is 264 g/mol. The van der Waals surface area contributed by atoms with Crippen molar-refractivity contribution in [1.82, 2.24) is 9.78 Å². The van der Waals surface area contributed by atoms with E-state index in [-0.39, 0.29) is 17.8 Å². The fourth-order valence-corrected chi connectivity index (χ4v) is 2.87. The highest BCUT2D eigenvalue weighted by molar-refractivity contribution is 6.32. The van der Waals surface area contributed by atoms with Gasteiger partial charge in [0.25, 0.3) is 0 Å². The van der Waals surface area contributed by atoms with Crippen LogP contribution in [0.3, 0.4) is 0 Å². The molecule has 0 aromatic carbocycles. The van der Waals surface area contributed by atoms with Crippen molar-refractivity contribution in [2.24, 2.45) is 5.92 Å². The van der Waals surface area contributed by atoms with E-state index < -0.39 is 0 Å². The van der Waals surface area contributed by atoms with Crippen LogP contribution < -0.4 is 0 Å². The van der Waals surface area contributed by atoms with Crippen LogP contribution in [0.4, 0.5) is 0 Å². The Morgan fingerprint density at radius 1 is 1.53 bits per heavy atom. The number of hydrogen-bond donors (Lipinski definition) is 0. The van der Waals surface area contributed by atoms with Crippen LogP contribution in [-0.4, -0.2) is 28.3 Å². The van der Waals surface area contributed by atoms with Gasteiger partial charge in [0.15, 0.2) is 0 Å². The van der Waals surface area contributed by atoms with E-state index in [9.17, 15) is 4.79 Å². The molecule has 0 bridgehead atoms. The maximum atomic E-state index is 12.3. The van der Waals surface area contributed by atoms with Gasteiger partial charge >= 0.3 is 0 Å². The zero-order valence-electron chi connectivity index (χ0n) is 11.8. The van der Waals surface area contributed by atoms with Gasteiger partial charge in [-0.25, -0.2) is 0 Å². The average Bonchev–Trinajstić information content (AvgIpc) is 2.95. The van der Waals surface area contributed by atoms with Crippen LogP contribution in [0.25, 0.3) is 0 Å². The highest BCUT2D eigenvalue weighted by atomic mass is 35.5. The Kier molecular flexibility index (Phi) is 4.63. The zero-order valence-corrected chi connectivity index (χ0v) is 12.5. The summed E-state index contributed by atoms with van der Waals surface area (Å²) in [5, 5.41) is 5.10. The summed E-state index contributed by atoms with van der Waals surface area (Å²) in [6.45, 7) is 7.31. The van der Waals surface area contributed by atoms with Crippen LogP contribution in [0.15, 0.2) is 0 Å². The molecule has 1 aliphatic rings. The van der Waals surface area contributed by atoms with E-state index in [1.54, 1.807) is 0 Å². The molecule has 1 saturated heterocycles. The van der Waals surface area contributed by atoms with Gasteiger partial charge in [0.2, 0.25) is 0 Å². The minimum Gasteiger partial charge on any atom is -0.378 e. The molecular formula is C14H21ClN2O2. The van der Waals surface area contributed by atoms with Crippen LogP contribution in [0.1, 0.15) is 38.6 Å². The highest BCUT2D eigenvalue weighted by Crippen LogP contribution is 2.26. The summed E-state index contributed by atoms with van der Waals surface area (Å²) >= 11 is 6.32. The Bertz CT molecular complexity index is 470. The minimum absolute atomic E-state index is 0.0105. The lowest BCUT2D eigenvalue weighted by Gasteiger charge is -2.08. The van der Waals surface area contributed by atoms with E-state index in [2.05, 4.69) is 5.10 Å². The van der Waals surface area contributed by atoms with Gasteiger partial charge in [-0.1, -0.05) is 18.5 Å². The van der Waals surface area contributed by atoms with Gasteiger partial charge in [0, 0.05) is 12.5 Å². The normalized spacial score (nSPS) is 22.9. The van der Waals surface area contributed by atoms with Crippen molar-refractivity contribution >= 4 is 17.4 Å². The van der Waals surface area contributed by atoms with E-state index in [1.807, 2.05) is 25.5 Å². The third kappa shape index (κ3) is 3.00. The molecule has 2 rings (SSSR count). The lowest BCUT2D eigenvalue weighted by Crippen LogP contribution is -2.19. The van der Waals surface area contributed by atoms with Crippen LogP contribution in [-0.2, 0) is 28.9 Å². The number of Topliss-reactive ketones (excluding diaryl/α,β-unsaturated/α-hetero) is 1. The molecule has 2 heterocycles. The van der Waals surface area contributed by atoms with Gasteiger partial charge in [-0.05, 0) is 26.7 Å². The molecule has 0 aliphatic carbocycles. The van der Waals surface area contributed by atoms with Crippen molar-refractivity contribution in [3.63, 3.8) is 0 Å². The van der Waals surface area contributed by atoms with Gasteiger partial charge in [0.05, 0.1) is 35.5 Å². The monoisotopic (exact) mass is 284 g/mol. The van der Waals surface area contributed by atoms with Gasteiger partial charge in [0.1, 0.15) is 5.78 Å². The molecule has 4 nitrogen and oxygen atoms in total. The number of ketones is 1. The van der Waals surface area contributed by atoms with Crippen LogP contribution in [0.2, 0.25) is 5.02 Å². The van der Waals surface area contributed by atoms with Crippen molar-refractivity contribution in [2.45, 2.75) is 52.7 Å². The third-order valence-electron chi connectivity index (χ3n) is 3.69. The molecule has 0 N–H and O–H groups in total. The number of aromatic nitrogens is 2. The number of nitrogens with zero attached hydrogens (tertiary/aromatic N) is 2. The summed E-state index contributed by atoms with van der Waals surface area (Å²) in [5.74, 6) is 0.222. The Morgan fingerprint density at radius 3 is 2.79 bits per heavy atom. The minimum atomic E-state index is 0.0105. The number of aryl methyl sites for hydroxylation is 2. The topological polar surface area (TPSA) is 44.1 Å². The molecule has 0 spiro atoms. The maximum absolute atomic E-state index is 12.3. The van der Waals surface area contributed by atoms with Crippen molar-refractivity contribution in [2.75, 3.05) is 6.61 Å².